The Hall–Kier alpha value is -2.65. The summed E-state index contributed by atoms with van der Waals surface area (Å²) < 4.78 is 10.3. The van der Waals surface area contributed by atoms with Crippen molar-refractivity contribution < 1.29 is 19.1 Å². The number of benzene rings is 1. The summed E-state index contributed by atoms with van der Waals surface area (Å²) >= 11 is 1.36. The van der Waals surface area contributed by atoms with E-state index < -0.39 is 0 Å². The summed E-state index contributed by atoms with van der Waals surface area (Å²) in [7, 11) is 3.18. The number of carbonyl (C=O) groups is 2. The third-order valence-corrected chi connectivity index (χ3v) is 5.15. The SMILES string of the molecule is COCCN(Cc1nc(C(=O)NCCC(C)C)cs1)C(=O)Nc1ccc(OC)cc1. The van der Waals surface area contributed by atoms with Gasteiger partial charge in [-0.15, -0.1) is 11.3 Å². The molecule has 0 saturated carbocycles. The second-order valence-electron chi connectivity index (χ2n) is 7.14. The zero-order valence-electron chi connectivity index (χ0n) is 17.9. The van der Waals surface area contributed by atoms with Crippen LogP contribution in [-0.4, -0.2) is 55.7 Å². The molecular formula is C21H30N4O4S. The highest BCUT2D eigenvalue weighted by molar-refractivity contribution is 7.09. The highest BCUT2D eigenvalue weighted by Gasteiger charge is 2.18. The third-order valence-electron chi connectivity index (χ3n) is 4.31. The maximum atomic E-state index is 12.7. The lowest BCUT2D eigenvalue weighted by Gasteiger charge is -2.22. The lowest BCUT2D eigenvalue weighted by atomic mass is 10.1. The van der Waals surface area contributed by atoms with E-state index in [1.807, 2.05) is 0 Å². The molecule has 0 aliphatic heterocycles. The Bertz CT molecular complexity index is 808. The fraction of sp³-hybridized carbons (Fsp3) is 0.476. The van der Waals surface area contributed by atoms with Crippen molar-refractivity contribution in [2.75, 3.05) is 39.2 Å². The first-order chi connectivity index (χ1) is 14.4. The Morgan fingerprint density at radius 1 is 1.20 bits per heavy atom. The molecule has 9 heteroatoms. The predicted molar refractivity (Wildman–Crippen MR) is 118 cm³/mol. The zero-order chi connectivity index (χ0) is 21.9. The number of methoxy groups -OCH3 is 2. The second kappa shape index (κ2) is 12.1. The van der Waals surface area contributed by atoms with Gasteiger partial charge in [0.05, 0.1) is 20.3 Å². The van der Waals surface area contributed by atoms with E-state index in [0.717, 1.165) is 6.42 Å². The van der Waals surface area contributed by atoms with Gasteiger partial charge in [-0.2, -0.15) is 0 Å². The Kier molecular flexibility index (Phi) is 9.56. The summed E-state index contributed by atoms with van der Waals surface area (Å²) in [6, 6.07) is 6.83. The molecule has 0 saturated heterocycles. The highest BCUT2D eigenvalue weighted by Crippen LogP contribution is 2.17. The van der Waals surface area contributed by atoms with Crippen molar-refractivity contribution in [2.45, 2.75) is 26.8 Å². The molecule has 2 rings (SSSR count). The van der Waals surface area contributed by atoms with Gasteiger partial charge in [-0.1, -0.05) is 13.8 Å². The van der Waals surface area contributed by atoms with Crippen molar-refractivity contribution in [3.05, 3.63) is 40.3 Å². The number of nitrogens with one attached hydrogen (secondary N) is 2. The first-order valence-electron chi connectivity index (χ1n) is 9.84. The van der Waals surface area contributed by atoms with Crippen LogP contribution in [0.4, 0.5) is 10.5 Å². The first-order valence-corrected chi connectivity index (χ1v) is 10.7. The molecule has 0 fully saturated rings. The molecule has 164 valence electrons. The summed E-state index contributed by atoms with van der Waals surface area (Å²) in [6.07, 6.45) is 0.916. The molecule has 0 atom stereocenters. The van der Waals surface area contributed by atoms with Gasteiger partial charge >= 0.3 is 6.03 Å². The maximum absolute atomic E-state index is 12.7. The lowest BCUT2D eigenvalue weighted by molar-refractivity contribution is 0.0947. The van der Waals surface area contributed by atoms with Crippen molar-refractivity contribution in [1.29, 1.82) is 0 Å². The molecule has 0 unspecified atom stereocenters. The fourth-order valence-corrected chi connectivity index (χ4v) is 3.34. The number of urea groups is 1. The van der Waals surface area contributed by atoms with Crippen LogP contribution in [-0.2, 0) is 11.3 Å². The number of aromatic nitrogens is 1. The number of amides is 3. The standard InChI is InChI=1S/C21H30N4O4S/c1-15(2)9-10-22-20(26)18-14-30-19(24-18)13-25(11-12-28-3)21(27)23-16-5-7-17(29-4)8-6-16/h5-8,14-15H,9-13H2,1-4H3,(H,22,26)(H,23,27). The van der Waals surface area contributed by atoms with Crippen LogP contribution in [0.3, 0.4) is 0 Å². The van der Waals surface area contributed by atoms with E-state index in [0.29, 0.717) is 47.8 Å². The minimum absolute atomic E-state index is 0.190. The van der Waals surface area contributed by atoms with Crippen LogP contribution in [0, 0.1) is 5.92 Å². The molecule has 0 bridgehead atoms. The predicted octanol–water partition coefficient (Wildman–Crippen LogP) is 3.61. The number of thiazole rings is 1. The van der Waals surface area contributed by atoms with Crippen LogP contribution < -0.4 is 15.4 Å². The summed E-state index contributed by atoms with van der Waals surface area (Å²) in [5.74, 6) is 1.05. The van der Waals surface area contributed by atoms with E-state index in [-0.39, 0.29) is 18.5 Å². The van der Waals surface area contributed by atoms with E-state index in [9.17, 15) is 9.59 Å². The molecule has 0 aliphatic carbocycles. The van der Waals surface area contributed by atoms with E-state index >= 15 is 0 Å². The molecule has 0 aliphatic rings. The number of anilines is 1. The number of hydrogen-bond acceptors (Lipinski definition) is 6. The smallest absolute Gasteiger partial charge is 0.322 e. The number of hydrogen-bond donors (Lipinski definition) is 2. The van der Waals surface area contributed by atoms with Crippen LogP contribution in [0.25, 0.3) is 0 Å². The average molecular weight is 435 g/mol. The van der Waals surface area contributed by atoms with Gasteiger partial charge in [0.15, 0.2) is 0 Å². The van der Waals surface area contributed by atoms with Gasteiger partial charge in [-0.25, -0.2) is 9.78 Å². The van der Waals surface area contributed by atoms with Crippen molar-refractivity contribution in [3.63, 3.8) is 0 Å². The van der Waals surface area contributed by atoms with Gasteiger partial charge in [-0.05, 0) is 36.6 Å². The van der Waals surface area contributed by atoms with E-state index in [2.05, 4.69) is 29.5 Å². The minimum Gasteiger partial charge on any atom is -0.497 e. The fourth-order valence-electron chi connectivity index (χ4n) is 2.55. The van der Waals surface area contributed by atoms with Crippen molar-refractivity contribution in [3.8, 4) is 5.75 Å². The van der Waals surface area contributed by atoms with Gasteiger partial charge in [0, 0.05) is 31.3 Å². The zero-order valence-corrected chi connectivity index (χ0v) is 18.8. The summed E-state index contributed by atoms with van der Waals surface area (Å²) in [5.41, 5.74) is 1.04. The summed E-state index contributed by atoms with van der Waals surface area (Å²) in [6.45, 7) is 5.91. The summed E-state index contributed by atoms with van der Waals surface area (Å²) in [4.78, 5) is 31.0. The van der Waals surface area contributed by atoms with Crippen LogP contribution >= 0.6 is 11.3 Å². The molecule has 1 heterocycles. The molecule has 0 spiro atoms. The van der Waals surface area contributed by atoms with Crippen LogP contribution in [0.1, 0.15) is 35.8 Å². The molecular weight excluding hydrogens is 404 g/mol. The Morgan fingerprint density at radius 3 is 2.57 bits per heavy atom. The molecule has 2 N–H and O–H groups in total. The Labute approximate surface area is 181 Å². The largest absolute Gasteiger partial charge is 0.497 e. The van der Waals surface area contributed by atoms with Gasteiger partial charge in [0.1, 0.15) is 16.5 Å². The van der Waals surface area contributed by atoms with Crippen LogP contribution in [0.2, 0.25) is 0 Å². The van der Waals surface area contributed by atoms with Crippen molar-refractivity contribution in [1.82, 2.24) is 15.2 Å². The molecule has 1 aromatic heterocycles. The lowest BCUT2D eigenvalue weighted by Crippen LogP contribution is -2.36. The van der Waals surface area contributed by atoms with Gasteiger partial charge in [-0.3, -0.25) is 4.79 Å². The molecule has 1 aromatic carbocycles. The number of ether oxygens (including phenoxy) is 2. The van der Waals surface area contributed by atoms with Gasteiger partial charge in [0.25, 0.3) is 5.91 Å². The number of nitrogens with zero attached hydrogens (tertiary/aromatic N) is 2. The van der Waals surface area contributed by atoms with Crippen LogP contribution in [0.5, 0.6) is 5.75 Å². The molecule has 2 aromatic rings. The molecule has 3 amide bonds. The average Bonchev–Trinajstić information content (AvgIpc) is 3.20. The normalized spacial score (nSPS) is 10.7. The molecule has 30 heavy (non-hydrogen) atoms. The maximum Gasteiger partial charge on any atom is 0.322 e. The van der Waals surface area contributed by atoms with Crippen molar-refractivity contribution in [2.24, 2.45) is 5.92 Å². The topological polar surface area (TPSA) is 92.8 Å². The molecule has 8 nitrogen and oxygen atoms in total. The Morgan fingerprint density at radius 2 is 1.93 bits per heavy atom. The van der Waals surface area contributed by atoms with Crippen molar-refractivity contribution >= 4 is 29.0 Å². The molecule has 0 radical (unpaired) electrons. The van der Waals surface area contributed by atoms with E-state index in [1.54, 1.807) is 48.8 Å². The van der Waals surface area contributed by atoms with E-state index in [4.69, 9.17) is 9.47 Å². The van der Waals surface area contributed by atoms with E-state index in [1.165, 1.54) is 11.3 Å². The van der Waals surface area contributed by atoms with Gasteiger partial charge < -0.3 is 25.0 Å². The quantitative estimate of drug-likeness (QED) is 0.564. The third kappa shape index (κ3) is 7.64. The minimum atomic E-state index is -0.268. The number of rotatable bonds is 11. The second-order valence-corrected chi connectivity index (χ2v) is 8.08. The monoisotopic (exact) mass is 434 g/mol. The van der Waals surface area contributed by atoms with Gasteiger partial charge in [0.2, 0.25) is 0 Å². The Balaban J connectivity index is 1.98. The summed E-state index contributed by atoms with van der Waals surface area (Å²) in [5, 5.41) is 8.15. The highest BCUT2D eigenvalue weighted by atomic mass is 32.1. The number of carbonyl (C=O) groups excluding carboxylic acids is 2. The first kappa shape index (κ1) is 23.6. The van der Waals surface area contributed by atoms with Crippen LogP contribution in [0.15, 0.2) is 29.6 Å².